The molecule has 0 bridgehead atoms. The topological polar surface area (TPSA) is 155 Å². The van der Waals surface area contributed by atoms with E-state index in [4.69, 9.17) is 0 Å². The van der Waals surface area contributed by atoms with Crippen LogP contribution in [0.25, 0.3) is 10.8 Å². The Morgan fingerprint density at radius 1 is 0.577 bits per heavy atom. The van der Waals surface area contributed by atoms with E-state index in [1.54, 1.807) is 0 Å². The van der Waals surface area contributed by atoms with E-state index in [0.29, 0.717) is 12.5 Å². The van der Waals surface area contributed by atoms with Gasteiger partial charge in [-0.15, -0.1) is 7.26 Å². The molecule has 0 spiro atoms. The van der Waals surface area contributed by atoms with Gasteiger partial charge in [0.1, 0.15) is 9.79 Å². The quantitative estimate of drug-likeness (QED) is 0.602. The van der Waals surface area contributed by atoms with Crippen molar-refractivity contribution in [1.82, 2.24) is 0 Å². The van der Waals surface area contributed by atoms with Crippen molar-refractivity contribution in [3.63, 3.8) is 0 Å². The summed E-state index contributed by atoms with van der Waals surface area (Å²) in [6.45, 7) is 0. The number of fused-ring (bicyclic) bond motifs is 1. The largest absolute Gasteiger partial charge is 0.312 e. The lowest BCUT2D eigenvalue weighted by atomic mass is 10.1. The molecule has 0 fully saturated rings. The molecule has 0 radical (unpaired) electrons. The van der Waals surface area contributed by atoms with Crippen LogP contribution in [-0.4, -0.2) is 46.2 Å². The summed E-state index contributed by atoms with van der Waals surface area (Å²) in [4.78, 5) is -1.23. The summed E-state index contributed by atoms with van der Waals surface area (Å²) in [5.41, 5.74) is 0. The zero-order chi connectivity index (χ0) is 20.0. The molecule has 0 aliphatic rings. The van der Waals surface area contributed by atoms with Crippen LogP contribution in [-0.2, 0) is 47.7 Å². The predicted octanol–water partition coefficient (Wildman–Crippen LogP) is 0.170. The minimum Gasteiger partial charge on any atom is -0.199 e. The molecular weight excluding hydrogens is 432 g/mol. The van der Waals surface area contributed by atoms with Crippen LogP contribution in [0.4, 0.5) is 0 Å². The average molecular weight is 444 g/mol. The van der Waals surface area contributed by atoms with Crippen molar-refractivity contribution in [1.29, 1.82) is 0 Å². The molecule has 26 heavy (non-hydrogen) atoms. The molecule has 2 aromatic carbocycles. The second-order valence-electron chi connectivity index (χ2n) is 5.06. The van der Waals surface area contributed by atoms with Gasteiger partial charge in [-0.25, -0.2) is 0 Å². The number of hydrogen-bond donors (Lipinski definition) is 0. The molecule has 0 saturated heterocycles. The minimum atomic E-state index is -4.78. The molecule has 0 unspecified atom stereocenters. The van der Waals surface area contributed by atoms with Gasteiger partial charge in [0, 0.05) is 10.8 Å². The zero-order valence-electron chi connectivity index (χ0n) is 13.2. The average Bonchev–Trinajstić information content (AvgIpc) is 2.40. The Morgan fingerprint density at radius 2 is 0.885 bits per heavy atom. The van der Waals surface area contributed by atoms with Gasteiger partial charge in [0.2, 0.25) is 0 Å². The van der Waals surface area contributed by atoms with Crippen LogP contribution in [0.2, 0.25) is 0 Å². The van der Waals surface area contributed by atoms with Gasteiger partial charge in [0.25, 0.3) is 20.2 Å². The third kappa shape index (κ3) is 4.77. The van der Waals surface area contributed by atoms with Crippen molar-refractivity contribution in [2.45, 2.75) is 9.79 Å². The molecule has 0 atom stereocenters. The molecule has 0 heterocycles. The monoisotopic (exact) mass is 444 g/mol. The highest BCUT2D eigenvalue weighted by molar-refractivity contribution is 8.00. The summed E-state index contributed by atoms with van der Waals surface area (Å²) in [6.07, 6.45) is 1.07. The summed E-state index contributed by atoms with van der Waals surface area (Å²) in [7, 11) is -18.3. The number of benzene rings is 2. The van der Waals surface area contributed by atoms with E-state index in [0.717, 1.165) is 24.3 Å². The fourth-order valence-electron chi connectivity index (χ4n) is 2.09. The Hall–Kier alpha value is -1.58. The lowest BCUT2D eigenvalue weighted by Gasteiger charge is -2.10. The van der Waals surface area contributed by atoms with Gasteiger partial charge in [-0.1, -0.05) is 24.3 Å². The Labute approximate surface area is 150 Å². The minimum absolute atomic E-state index is 0.200. The van der Waals surface area contributed by atoms with Crippen LogP contribution < -0.4 is 0 Å². The normalized spacial score (nSPS) is 13.8. The van der Waals surface area contributed by atoms with E-state index in [1.165, 1.54) is 12.1 Å². The van der Waals surface area contributed by atoms with Gasteiger partial charge in [-0.05, 0) is 12.1 Å². The van der Waals surface area contributed by atoms with Crippen molar-refractivity contribution in [3.05, 3.63) is 36.4 Å². The second kappa shape index (κ2) is 6.54. The van der Waals surface area contributed by atoms with E-state index in [1.807, 2.05) is 0 Å². The second-order valence-corrected chi connectivity index (χ2v) is 11.7. The van der Waals surface area contributed by atoms with Gasteiger partial charge in [0.15, 0.2) is 0 Å². The summed E-state index contributed by atoms with van der Waals surface area (Å²) >= 11 is 0. The molecule has 0 aliphatic carbocycles. The maximum absolute atomic E-state index is 12.2. The summed E-state index contributed by atoms with van der Waals surface area (Å²) in [5.74, 6) is 0. The Balaban J connectivity index is 2.79. The third-order valence-corrected chi connectivity index (χ3v) is 8.01. The Morgan fingerprint density at radius 3 is 1.15 bits per heavy atom. The molecule has 0 aliphatic heterocycles. The van der Waals surface area contributed by atoms with Gasteiger partial charge in [0.05, 0.1) is 12.5 Å². The maximum Gasteiger partial charge on any atom is 0.312 e. The summed E-state index contributed by atoms with van der Waals surface area (Å²) < 4.78 is 102. The fraction of sp³-hybridized carbons (Fsp3) is 0.167. The molecular formula is C12H12O10S4. The highest BCUT2D eigenvalue weighted by Crippen LogP contribution is 2.30. The molecule has 144 valence electrons. The first-order valence-corrected chi connectivity index (χ1v) is 12.9. The Kier molecular flexibility index (Phi) is 5.22. The molecule has 14 heteroatoms. The van der Waals surface area contributed by atoms with Crippen LogP contribution in [0, 0.1) is 0 Å². The number of rotatable bonds is 6. The van der Waals surface area contributed by atoms with Crippen LogP contribution in [0.5, 0.6) is 0 Å². The maximum atomic E-state index is 12.2. The zero-order valence-corrected chi connectivity index (χ0v) is 16.4. The van der Waals surface area contributed by atoms with Gasteiger partial charge < -0.3 is 0 Å². The SMILES string of the molecule is CS(=O)(=O)OS(=O)(=O)c1cccc2c(S(=O)(=O)OS(C)(=O)=O)cccc12. The predicted molar refractivity (Wildman–Crippen MR) is 90.2 cm³/mol. The van der Waals surface area contributed by atoms with Crippen molar-refractivity contribution in [2.75, 3.05) is 12.5 Å². The van der Waals surface area contributed by atoms with E-state index in [9.17, 15) is 33.7 Å². The molecule has 0 N–H and O–H groups in total. The lowest BCUT2D eigenvalue weighted by Crippen LogP contribution is -2.14. The van der Waals surface area contributed by atoms with Gasteiger partial charge in [-0.2, -0.15) is 33.7 Å². The van der Waals surface area contributed by atoms with E-state index < -0.39 is 50.3 Å². The molecule has 2 aromatic rings. The molecule has 0 amide bonds. The van der Waals surface area contributed by atoms with Crippen molar-refractivity contribution >= 4 is 51.2 Å². The first-order valence-electron chi connectivity index (χ1n) is 6.46. The standard InChI is InChI=1S/C12H12O10S4/c1-23(13,14)21-25(17,18)11-7-3-6-10-9(11)5-4-8-12(10)26(19,20)22-24(2,15)16/h3-8H,1-2H3. The summed E-state index contributed by atoms with van der Waals surface area (Å²) in [5, 5.41) is -0.399. The highest BCUT2D eigenvalue weighted by atomic mass is 32.3. The number of hydrogen-bond acceptors (Lipinski definition) is 10. The van der Waals surface area contributed by atoms with Crippen LogP contribution in [0.15, 0.2) is 46.2 Å². The first-order chi connectivity index (χ1) is 11.6. The molecule has 0 aromatic heterocycles. The first kappa shape index (κ1) is 20.7. The van der Waals surface area contributed by atoms with Crippen LogP contribution in [0.1, 0.15) is 0 Å². The summed E-state index contributed by atoms with van der Waals surface area (Å²) in [6, 6.07) is 6.70. The van der Waals surface area contributed by atoms with Gasteiger partial charge in [-0.3, -0.25) is 0 Å². The molecule has 0 saturated carbocycles. The van der Waals surface area contributed by atoms with Crippen molar-refractivity contribution < 1.29 is 40.9 Å². The lowest BCUT2D eigenvalue weighted by molar-refractivity contribution is 0.463. The molecule has 2 rings (SSSR count). The molecule has 10 nitrogen and oxygen atoms in total. The smallest absolute Gasteiger partial charge is 0.199 e. The van der Waals surface area contributed by atoms with E-state index >= 15 is 0 Å². The highest BCUT2D eigenvalue weighted by Gasteiger charge is 2.28. The van der Waals surface area contributed by atoms with Gasteiger partial charge >= 0.3 is 20.2 Å². The van der Waals surface area contributed by atoms with E-state index in [2.05, 4.69) is 7.26 Å². The Bertz CT molecular complexity index is 1180. The third-order valence-electron chi connectivity index (χ3n) is 2.81. The van der Waals surface area contributed by atoms with Crippen molar-refractivity contribution in [2.24, 2.45) is 0 Å². The van der Waals surface area contributed by atoms with Crippen molar-refractivity contribution in [3.8, 4) is 0 Å². The fourth-order valence-corrected chi connectivity index (χ4v) is 6.66. The van der Waals surface area contributed by atoms with Crippen LogP contribution >= 0.6 is 0 Å². The van der Waals surface area contributed by atoms with E-state index in [-0.39, 0.29) is 10.8 Å². The van der Waals surface area contributed by atoms with Crippen LogP contribution in [0.3, 0.4) is 0 Å².